The molecular weight excluding hydrogens is 805 g/mol. The van der Waals surface area contributed by atoms with Crippen LogP contribution in [0.3, 0.4) is 0 Å². The van der Waals surface area contributed by atoms with Gasteiger partial charge < -0.3 is 10.2 Å². The van der Waals surface area contributed by atoms with Crippen molar-refractivity contribution < 1.29 is 49.3 Å². The molecule has 2 N–H and O–H groups in total. The lowest BCUT2D eigenvalue weighted by Crippen LogP contribution is -2.86. The number of quaternary nitrogens is 1. The summed E-state index contributed by atoms with van der Waals surface area (Å²) >= 11 is 0. The fourth-order valence-corrected chi connectivity index (χ4v) is 12.5. The van der Waals surface area contributed by atoms with Gasteiger partial charge in [0.2, 0.25) is 10.0 Å². The van der Waals surface area contributed by atoms with Crippen LogP contribution in [0.15, 0.2) is 114 Å². The Kier molecular flexibility index (Phi) is 13.5. The maximum absolute atomic E-state index is 15.6. The summed E-state index contributed by atoms with van der Waals surface area (Å²) in [4.78, 5) is 30.9. The van der Waals surface area contributed by atoms with Crippen LogP contribution < -0.4 is 4.31 Å². The standard InChI is InChI=1S/C42H49F2N5O8S2/c1-2-11-39(34-15-7-4-8-16-34)46-28-30-49(31-29-46,59(56,57)48(41(52)53)37-21-17-35(43)18-22-37)42(40(50)51)32-45(25-10-9-14-33-12-5-3-6-13-33)26-27-47(42)58(54,55)38-23-19-36(44)20-24-38/h3-8,12-13,15-24,39H,2,9-11,14,25-32H2,1H3,(H-,50,51,52,53)/p+1. The zero-order valence-electron chi connectivity index (χ0n) is 32.8. The van der Waals surface area contributed by atoms with E-state index in [0.29, 0.717) is 23.6 Å². The van der Waals surface area contributed by atoms with Crippen LogP contribution in [0.25, 0.3) is 0 Å². The molecule has 2 aliphatic rings. The van der Waals surface area contributed by atoms with Gasteiger partial charge in [-0.15, -0.1) is 8.61 Å². The predicted octanol–water partition coefficient (Wildman–Crippen LogP) is 6.18. The van der Waals surface area contributed by atoms with Gasteiger partial charge >= 0.3 is 22.3 Å². The van der Waals surface area contributed by atoms with Gasteiger partial charge in [-0.2, -0.15) is 12.3 Å². The molecule has 4 aromatic rings. The summed E-state index contributed by atoms with van der Waals surface area (Å²) in [5.74, 6) is -3.31. The van der Waals surface area contributed by atoms with E-state index in [1.165, 1.54) is 0 Å². The van der Waals surface area contributed by atoms with Crippen molar-refractivity contribution in [1.29, 1.82) is 0 Å². The Bertz CT molecular complexity index is 2280. The Morgan fingerprint density at radius 1 is 0.780 bits per heavy atom. The molecule has 0 saturated carbocycles. The first-order valence-corrected chi connectivity index (χ1v) is 22.5. The van der Waals surface area contributed by atoms with Gasteiger partial charge in [0.1, 0.15) is 24.7 Å². The normalized spacial score (nSPS) is 19.8. The van der Waals surface area contributed by atoms with Crippen molar-refractivity contribution in [2.45, 2.75) is 55.6 Å². The summed E-state index contributed by atoms with van der Waals surface area (Å²) in [6.45, 7) is 0.0155. The highest BCUT2D eigenvalue weighted by atomic mass is 32.2. The number of aliphatic carboxylic acids is 1. The molecule has 2 heterocycles. The quantitative estimate of drug-likeness (QED) is 0.0987. The summed E-state index contributed by atoms with van der Waals surface area (Å²) < 4.78 is 88.5. The number of benzene rings is 4. The maximum Gasteiger partial charge on any atom is 0.430 e. The van der Waals surface area contributed by atoms with E-state index in [1.807, 2.05) is 72.5 Å². The number of aryl methyl sites for hydroxylation is 1. The van der Waals surface area contributed by atoms with E-state index >= 15 is 8.42 Å². The van der Waals surface area contributed by atoms with Gasteiger partial charge in [-0.25, -0.2) is 26.8 Å². The molecule has 2 saturated heterocycles. The molecule has 13 nitrogen and oxygen atoms in total. The first kappa shape index (κ1) is 43.8. The van der Waals surface area contributed by atoms with Crippen LogP contribution in [0, 0.1) is 11.6 Å². The Hall–Kier alpha value is -4.78. The minimum absolute atomic E-state index is 0.0279. The zero-order valence-corrected chi connectivity index (χ0v) is 34.4. The number of piperazine rings is 2. The molecule has 2 atom stereocenters. The fourth-order valence-electron chi connectivity index (χ4n) is 8.61. The average molecular weight is 855 g/mol. The van der Waals surface area contributed by atoms with Crippen molar-refractivity contribution in [3.05, 3.63) is 132 Å². The second-order valence-electron chi connectivity index (χ2n) is 15.0. The molecular formula is C42H50F2N5O8S2+. The lowest BCUT2D eigenvalue weighted by molar-refractivity contribution is -0.870. The fraction of sp³-hybridized carbons (Fsp3) is 0.381. The van der Waals surface area contributed by atoms with Crippen molar-refractivity contribution in [2.75, 3.05) is 56.7 Å². The largest absolute Gasteiger partial charge is 0.475 e. The molecule has 59 heavy (non-hydrogen) atoms. The Balaban J connectivity index is 1.52. The average Bonchev–Trinajstić information content (AvgIpc) is 3.22. The second kappa shape index (κ2) is 18.2. The van der Waals surface area contributed by atoms with Crippen LogP contribution in [-0.4, -0.2) is 115 Å². The number of carboxylic acid groups (broad SMARTS) is 2. The van der Waals surface area contributed by atoms with Crippen molar-refractivity contribution in [1.82, 2.24) is 14.1 Å². The number of hydrogen-bond donors (Lipinski definition) is 2. The van der Waals surface area contributed by atoms with E-state index in [2.05, 4.69) is 0 Å². The smallest absolute Gasteiger partial charge is 0.430 e. The van der Waals surface area contributed by atoms with E-state index in [9.17, 15) is 37.0 Å². The van der Waals surface area contributed by atoms with E-state index in [1.54, 1.807) is 4.90 Å². The van der Waals surface area contributed by atoms with Crippen molar-refractivity contribution in [3.63, 3.8) is 0 Å². The molecule has 0 aliphatic carbocycles. The molecule has 1 amide bonds. The number of carboxylic acids is 1. The molecule has 316 valence electrons. The molecule has 2 aliphatic heterocycles. The molecule has 4 aromatic carbocycles. The van der Waals surface area contributed by atoms with Crippen LogP contribution in [0.1, 0.15) is 49.8 Å². The van der Waals surface area contributed by atoms with Gasteiger partial charge in [0.05, 0.1) is 17.1 Å². The van der Waals surface area contributed by atoms with E-state index in [-0.39, 0.29) is 36.5 Å². The SMILES string of the molecule is CCCC(c1ccccc1)N1CC[N+](C2(C(=O)O)CN(CCCCc3ccccc3)CCN2S(=O)(=O)c2ccc(F)cc2)(S(=O)(=O)N(C(=O)O)c2ccc(F)cc2)CC1. The van der Waals surface area contributed by atoms with Gasteiger partial charge in [0, 0.05) is 32.2 Å². The van der Waals surface area contributed by atoms with Crippen molar-refractivity contribution >= 4 is 38.0 Å². The molecule has 6 rings (SSSR count). The first-order valence-electron chi connectivity index (χ1n) is 19.7. The maximum atomic E-state index is 15.6. The van der Waals surface area contributed by atoms with Gasteiger partial charge in [-0.05, 0) is 91.9 Å². The number of halogens is 2. The highest BCUT2D eigenvalue weighted by Crippen LogP contribution is 2.45. The number of nitrogens with zero attached hydrogens (tertiary/aromatic N) is 5. The lowest BCUT2D eigenvalue weighted by Gasteiger charge is -2.58. The number of anilines is 1. The van der Waals surface area contributed by atoms with Gasteiger partial charge in [0.15, 0.2) is 0 Å². The summed E-state index contributed by atoms with van der Waals surface area (Å²) in [6, 6.07) is 26.5. The van der Waals surface area contributed by atoms with Gasteiger partial charge in [-0.1, -0.05) is 74.0 Å². The van der Waals surface area contributed by atoms with Crippen molar-refractivity contribution in [2.24, 2.45) is 0 Å². The lowest BCUT2D eigenvalue weighted by atomic mass is 9.98. The molecule has 0 spiro atoms. The minimum Gasteiger partial charge on any atom is -0.475 e. The van der Waals surface area contributed by atoms with Crippen LogP contribution in [-0.2, 0) is 31.4 Å². The number of hydrogen-bond acceptors (Lipinski definition) is 8. The molecule has 17 heteroatoms. The summed E-state index contributed by atoms with van der Waals surface area (Å²) in [7, 11) is -10.4. The van der Waals surface area contributed by atoms with Crippen LogP contribution >= 0.6 is 0 Å². The Morgan fingerprint density at radius 2 is 1.36 bits per heavy atom. The molecule has 2 unspecified atom stereocenters. The molecule has 0 aromatic heterocycles. The number of rotatable bonds is 16. The highest BCUT2D eigenvalue weighted by molar-refractivity contribution is 7.89. The first-order chi connectivity index (χ1) is 28.2. The Labute approximate surface area is 344 Å². The molecule has 2 fully saturated rings. The van der Waals surface area contributed by atoms with Crippen LogP contribution in [0.4, 0.5) is 19.3 Å². The van der Waals surface area contributed by atoms with E-state index in [0.717, 1.165) is 72.5 Å². The van der Waals surface area contributed by atoms with Crippen molar-refractivity contribution in [3.8, 4) is 0 Å². The number of amides is 1. The number of carbonyl (C=O) groups is 2. The minimum atomic E-state index is -5.50. The number of unbranched alkanes of at least 4 members (excludes halogenated alkanes) is 1. The zero-order chi connectivity index (χ0) is 42.4. The monoisotopic (exact) mass is 854 g/mol. The predicted molar refractivity (Wildman–Crippen MR) is 218 cm³/mol. The third-order valence-electron chi connectivity index (χ3n) is 11.5. The number of sulfonamides is 1. The summed E-state index contributed by atoms with van der Waals surface area (Å²) in [6.07, 6.45) is 1.41. The van der Waals surface area contributed by atoms with E-state index in [4.69, 9.17) is 0 Å². The third-order valence-corrected chi connectivity index (χ3v) is 15.8. The topological polar surface area (TPSA) is 156 Å². The summed E-state index contributed by atoms with van der Waals surface area (Å²) in [5, 5.41) is 22.4. The highest BCUT2D eigenvalue weighted by Gasteiger charge is 2.74. The molecule has 0 radical (unpaired) electrons. The van der Waals surface area contributed by atoms with Gasteiger partial charge in [0.25, 0.3) is 5.66 Å². The third kappa shape index (κ3) is 8.63. The van der Waals surface area contributed by atoms with Gasteiger partial charge in [-0.3, -0.25) is 9.80 Å². The van der Waals surface area contributed by atoms with Crippen LogP contribution in [0.2, 0.25) is 0 Å². The van der Waals surface area contributed by atoms with Crippen LogP contribution in [0.5, 0.6) is 0 Å². The second-order valence-corrected chi connectivity index (χ2v) is 18.8. The van der Waals surface area contributed by atoms with E-state index < -0.39 is 90.2 Å². The summed E-state index contributed by atoms with van der Waals surface area (Å²) in [5.41, 5.74) is -1.31. The Morgan fingerprint density at radius 3 is 1.92 bits per heavy atom. The molecule has 0 bridgehead atoms.